The lowest BCUT2D eigenvalue weighted by Gasteiger charge is -2.46. The molecule has 0 unspecified atom stereocenters. The van der Waals surface area contributed by atoms with Crippen LogP contribution in [0.5, 0.6) is 5.75 Å². The van der Waals surface area contributed by atoms with Gasteiger partial charge < -0.3 is 25.2 Å². The number of ether oxygens (including phenoxy) is 2. The molecule has 1 spiro atoms. The highest BCUT2D eigenvalue weighted by atomic mass is 16.6. The maximum Gasteiger partial charge on any atom is 0.324 e. The number of nitrogens with zero attached hydrogens (tertiary/aromatic N) is 2. The topological polar surface area (TPSA) is 130 Å². The highest BCUT2D eigenvalue weighted by Gasteiger charge is 2.74. The number of rotatable bonds is 10. The molecule has 0 saturated carbocycles. The highest BCUT2D eigenvalue weighted by Crippen LogP contribution is 2.65. The van der Waals surface area contributed by atoms with Crippen LogP contribution in [-0.2, 0) is 31.0 Å². The Labute approximate surface area is 349 Å². The molecule has 3 N–H and O–H groups in total. The maximum atomic E-state index is 15.5. The van der Waals surface area contributed by atoms with Gasteiger partial charge in [0.05, 0.1) is 24.6 Å². The Hall–Kier alpha value is -6.54. The van der Waals surface area contributed by atoms with Crippen molar-refractivity contribution in [3.8, 4) is 17.6 Å². The first-order valence-corrected chi connectivity index (χ1v) is 20.7. The van der Waals surface area contributed by atoms with Crippen molar-refractivity contribution < 1.29 is 29.0 Å². The number of aliphatic hydroxyl groups is 1. The number of fused-ring (bicyclic) bond motifs is 3. The Balaban J connectivity index is 1.28. The zero-order valence-corrected chi connectivity index (χ0v) is 33.1. The lowest BCUT2D eigenvalue weighted by atomic mass is 9.65. The summed E-state index contributed by atoms with van der Waals surface area (Å²) >= 11 is 0. The Morgan fingerprint density at radius 1 is 0.883 bits per heavy atom. The van der Waals surface area contributed by atoms with Crippen LogP contribution in [0.4, 0.5) is 5.69 Å². The van der Waals surface area contributed by atoms with Crippen LogP contribution >= 0.6 is 0 Å². The molecule has 1 aliphatic carbocycles. The number of benzene rings is 4. The molecule has 1 aromatic heterocycles. The summed E-state index contributed by atoms with van der Waals surface area (Å²) in [6.45, 7) is 0.0939. The summed E-state index contributed by atoms with van der Waals surface area (Å²) in [7, 11) is 0. The Kier molecular flexibility index (Phi) is 11.0. The van der Waals surface area contributed by atoms with Gasteiger partial charge in [0.1, 0.15) is 29.9 Å². The summed E-state index contributed by atoms with van der Waals surface area (Å²) in [5, 5.41) is 16.0. The molecular weight excluding hydrogens is 753 g/mol. The lowest BCUT2D eigenvalue weighted by molar-refractivity contribution is -0.178. The van der Waals surface area contributed by atoms with E-state index in [2.05, 4.69) is 38.4 Å². The fraction of sp³-hybridized carbons (Fsp3) is 0.280. The van der Waals surface area contributed by atoms with E-state index in [0.717, 1.165) is 48.1 Å². The van der Waals surface area contributed by atoms with Crippen molar-refractivity contribution in [2.45, 2.75) is 61.7 Å². The number of hydrogen-bond acceptors (Lipinski definition) is 8. The van der Waals surface area contributed by atoms with Crippen LogP contribution in [0.1, 0.15) is 77.4 Å². The van der Waals surface area contributed by atoms with Gasteiger partial charge in [-0.2, -0.15) is 0 Å². The van der Waals surface area contributed by atoms with Crippen LogP contribution in [0, 0.1) is 17.8 Å². The van der Waals surface area contributed by atoms with Gasteiger partial charge in [-0.1, -0.05) is 96.8 Å². The maximum absolute atomic E-state index is 15.5. The zero-order chi connectivity index (χ0) is 41.1. The van der Waals surface area contributed by atoms with Crippen molar-refractivity contribution in [1.29, 1.82) is 0 Å². The SMILES string of the molecule is O=C1O[C@@H](c2ccccc2)[C@@H](c2ccccc2)N2[C@@H](c3cccc(OCCO)c3)[C@]3(C(=O)Nc4ccc(C#CC5=CCCCC5)cc43)[C@@H](C(=O)NCCc3ccccn3)[C@H]12. The second-order valence-corrected chi connectivity index (χ2v) is 15.7. The predicted molar refractivity (Wildman–Crippen MR) is 226 cm³/mol. The molecule has 5 aromatic rings. The summed E-state index contributed by atoms with van der Waals surface area (Å²) in [6, 6.07) is 35.4. The first kappa shape index (κ1) is 38.9. The molecule has 4 aliphatic rings. The van der Waals surface area contributed by atoms with Crippen molar-refractivity contribution in [3.05, 3.63) is 173 Å². The van der Waals surface area contributed by atoms with Crippen LogP contribution in [0.15, 0.2) is 139 Å². The number of allylic oxidation sites excluding steroid dienone is 2. The molecule has 0 bridgehead atoms. The molecule has 3 aliphatic heterocycles. The number of esters is 1. The summed E-state index contributed by atoms with van der Waals surface area (Å²) < 4.78 is 12.5. The van der Waals surface area contributed by atoms with E-state index in [1.54, 1.807) is 12.3 Å². The third-order valence-electron chi connectivity index (χ3n) is 12.2. The monoisotopic (exact) mass is 798 g/mol. The minimum atomic E-state index is -1.66. The number of aromatic nitrogens is 1. The normalized spacial score (nSPS) is 24.3. The molecule has 2 amide bonds. The molecule has 0 radical (unpaired) electrons. The minimum Gasteiger partial charge on any atom is -0.491 e. The number of amides is 2. The van der Waals surface area contributed by atoms with Gasteiger partial charge in [-0.25, -0.2) is 0 Å². The third kappa shape index (κ3) is 7.14. The second-order valence-electron chi connectivity index (χ2n) is 15.7. The number of aliphatic hydroxyl groups excluding tert-OH is 1. The molecule has 10 nitrogen and oxygen atoms in total. The number of pyridine rings is 1. The van der Waals surface area contributed by atoms with Crippen LogP contribution in [0.3, 0.4) is 0 Å². The number of morpholine rings is 1. The van der Waals surface area contributed by atoms with Crippen LogP contribution in [-0.4, -0.2) is 58.6 Å². The molecule has 2 saturated heterocycles. The fourth-order valence-electron chi connectivity index (χ4n) is 9.68. The number of anilines is 1. The number of nitrogens with one attached hydrogen (secondary N) is 2. The fourth-order valence-corrected chi connectivity index (χ4v) is 9.68. The van der Waals surface area contributed by atoms with Crippen LogP contribution in [0.2, 0.25) is 0 Å². The largest absolute Gasteiger partial charge is 0.491 e. The summed E-state index contributed by atoms with van der Waals surface area (Å²) in [6.07, 6.45) is 7.70. The van der Waals surface area contributed by atoms with Gasteiger partial charge in [0.2, 0.25) is 11.8 Å². The second kappa shape index (κ2) is 17.0. The highest BCUT2D eigenvalue weighted by molar-refractivity contribution is 6.12. The molecule has 4 heterocycles. The van der Waals surface area contributed by atoms with Crippen molar-refractivity contribution in [2.24, 2.45) is 5.92 Å². The van der Waals surface area contributed by atoms with E-state index >= 15 is 14.4 Å². The molecule has 10 heteroatoms. The minimum absolute atomic E-state index is 0.0593. The van der Waals surface area contributed by atoms with Gasteiger partial charge in [-0.3, -0.25) is 24.3 Å². The third-order valence-corrected chi connectivity index (χ3v) is 12.2. The van der Waals surface area contributed by atoms with E-state index in [1.807, 2.05) is 115 Å². The quantitative estimate of drug-likeness (QED) is 0.103. The van der Waals surface area contributed by atoms with Crippen molar-refractivity contribution >= 4 is 23.5 Å². The summed E-state index contributed by atoms with van der Waals surface area (Å²) in [5.74, 6) is 4.51. The van der Waals surface area contributed by atoms with Crippen molar-refractivity contribution in [2.75, 3.05) is 25.1 Å². The molecular formula is C50H46N4O6. The van der Waals surface area contributed by atoms with E-state index in [9.17, 15) is 5.11 Å². The molecule has 2 fully saturated rings. The van der Waals surface area contributed by atoms with E-state index in [4.69, 9.17) is 9.47 Å². The standard InChI is InChI=1S/C50H46N4O6/c55-29-30-59-39-21-12-19-37(32-39)46-50(40-31-34(24-25-41(40)53-49(50)58)23-22-33-13-4-1-5-14-33)42(47(56)52-28-26-38-20-10-11-27-51-38)44-48(57)60-45(36-17-8-3-9-18-36)43(54(44)46)35-15-6-2-7-16-35/h2-3,6-13,15-21,24-25,27,31-32,42-46,55H,1,4-5,14,26,28-30H2,(H,52,56)(H,53,58)/t42-,43-,44-,45+,46+,50-/m1/s1. The average molecular weight is 799 g/mol. The number of hydrogen-bond donors (Lipinski definition) is 3. The Morgan fingerprint density at radius 2 is 1.67 bits per heavy atom. The molecule has 302 valence electrons. The predicted octanol–water partition coefficient (Wildman–Crippen LogP) is 6.93. The van der Waals surface area contributed by atoms with Gasteiger partial charge in [-0.05, 0) is 96.0 Å². The van der Waals surface area contributed by atoms with Gasteiger partial charge >= 0.3 is 5.97 Å². The van der Waals surface area contributed by atoms with Crippen LogP contribution in [0.25, 0.3) is 0 Å². The van der Waals surface area contributed by atoms with Gasteiger partial charge in [-0.15, -0.1) is 0 Å². The van der Waals surface area contributed by atoms with Gasteiger partial charge in [0.15, 0.2) is 0 Å². The Morgan fingerprint density at radius 3 is 2.42 bits per heavy atom. The van der Waals surface area contributed by atoms with Crippen LogP contribution < -0.4 is 15.4 Å². The Bertz CT molecular complexity index is 2480. The molecule has 9 rings (SSSR count). The molecule has 6 atom stereocenters. The lowest BCUT2D eigenvalue weighted by Crippen LogP contribution is -2.55. The van der Waals surface area contributed by atoms with E-state index in [-0.39, 0.29) is 19.8 Å². The number of carbonyl (C=O) groups excluding carboxylic acids is 3. The number of carbonyl (C=O) groups is 3. The van der Waals surface area contributed by atoms with Gasteiger partial charge in [0.25, 0.3) is 0 Å². The van der Waals surface area contributed by atoms with E-state index in [1.165, 1.54) is 0 Å². The van der Waals surface area contributed by atoms with Gasteiger partial charge in [0, 0.05) is 36.1 Å². The average Bonchev–Trinajstić information content (AvgIpc) is 3.77. The smallest absolute Gasteiger partial charge is 0.324 e. The first-order chi connectivity index (χ1) is 29.5. The molecule has 4 aromatic carbocycles. The van der Waals surface area contributed by atoms with Crippen molar-refractivity contribution in [1.82, 2.24) is 15.2 Å². The molecule has 60 heavy (non-hydrogen) atoms. The summed E-state index contributed by atoms with van der Waals surface area (Å²) in [5.41, 5.74) is 4.34. The van der Waals surface area contributed by atoms with E-state index < -0.39 is 53.3 Å². The number of cyclic esters (lactones) is 1. The first-order valence-electron chi connectivity index (χ1n) is 20.7. The zero-order valence-electron chi connectivity index (χ0n) is 33.1. The van der Waals surface area contributed by atoms with Crippen molar-refractivity contribution in [3.63, 3.8) is 0 Å². The summed E-state index contributed by atoms with van der Waals surface area (Å²) in [4.78, 5) is 52.4. The van der Waals surface area contributed by atoms with E-state index in [0.29, 0.717) is 34.5 Å².